The number of piperazine rings is 1. The molecule has 0 radical (unpaired) electrons. The molecule has 2 heterocycles. The Hall–Kier alpha value is -1.58. The van der Waals surface area contributed by atoms with Gasteiger partial charge in [-0.25, -0.2) is 0 Å². The second-order valence-corrected chi connectivity index (χ2v) is 9.31. The fourth-order valence-corrected chi connectivity index (χ4v) is 4.87. The largest absolute Gasteiger partial charge is 0.436 e. The van der Waals surface area contributed by atoms with Gasteiger partial charge in [-0.05, 0) is 46.5 Å². The summed E-state index contributed by atoms with van der Waals surface area (Å²) < 4.78 is 41.1. The van der Waals surface area contributed by atoms with E-state index in [0.717, 1.165) is 32.5 Å². The predicted octanol–water partition coefficient (Wildman–Crippen LogP) is 4.93. The number of carbonyl (C=O) groups excluding carboxylic acids is 1. The highest BCUT2D eigenvalue weighted by Crippen LogP contribution is 2.47. The van der Waals surface area contributed by atoms with E-state index in [0.29, 0.717) is 23.8 Å². The minimum Gasteiger partial charge on any atom is -0.340 e. The molecule has 1 saturated carbocycles. The van der Waals surface area contributed by atoms with E-state index in [1.165, 1.54) is 10.2 Å². The van der Waals surface area contributed by atoms with Gasteiger partial charge in [0.15, 0.2) is 5.69 Å². The van der Waals surface area contributed by atoms with Crippen molar-refractivity contribution in [1.82, 2.24) is 19.6 Å². The van der Waals surface area contributed by atoms with Gasteiger partial charge in [0.05, 0.1) is 16.7 Å². The highest BCUT2D eigenvalue weighted by molar-refractivity contribution is 9.10. The lowest BCUT2D eigenvalue weighted by atomic mass is 10.2. The number of halogens is 5. The molecular weight excluding hydrogens is 497 g/mol. The first kappa shape index (κ1) is 22.6. The van der Waals surface area contributed by atoms with Crippen molar-refractivity contribution in [1.29, 1.82) is 0 Å². The van der Waals surface area contributed by atoms with Gasteiger partial charge in [-0.2, -0.15) is 18.3 Å². The molecule has 0 N–H and O–H groups in total. The zero-order chi connectivity index (χ0) is 22.2. The van der Waals surface area contributed by atoms with Crippen LogP contribution in [0.15, 0.2) is 28.7 Å². The maximum atomic E-state index is 13.2. The number of rotatable bonds is 6. The Morgan fingerprint density at radius 2 is 1.77 bits per heavy atom. The van der Waals surface area contributed by atoms with Crippen molar-refractivity contribution in [3.8, 4) is 0 Å². The van der Waals surface area contributed by atoms with Gasteiger partial charge in [-0.3, -0.25) is 14.4 Å². The van der Waals surface area contributed by atoms with Crippen LogP contribution in [0.4, 0.5) is 13.2 Å². The number of aromatic nitrogens is 2. The Bertz CT molecular complexity index is 935. The van der Waals surface area contributed by atoms with Crippen LogP contribution in [0.2, 0.25) is 5.02 Å². The van der Waals surface area contributed by atoms with E-state index in [9.17, 15) is 18.0 Å². The van der Waals surface area contributed by atoms with Crippen molar-refractivity contribution in [2.45, 2.75) is 44.4 Å². The molecule has 2 aliphatic rings. The minimum atomic E-state index is -4.52. The van der Waals surface area contributed by atoms with Gasteiger partial charge in [0.25, 0.3) is 0 Å². The highest BCUT2D eigenvalue weighted by Gasteiger charge is 2.41. The van der Waals surface area contributed by atoms with Crippen molar-refractivity contribution >= 4 is 33.4 Å². The van der Waals surface area contributed by atoms with E-state index in [4.69, 9.17) is 11.6 Å². The molecule has 1 aromatic carbocycles. The first-order chi connectivity index (χ1) is 14.7. The number of benzene rings is 1. The van der Waals surface area contributed by atoms with Gasteiger partial charge in [-0.1, -0.05) is 23.7 Å². The van der Waals surface area contributed by atoms with E-state index in [-0.39, 0.29) is 29.3 Å². The Balaban J connectivity index is 1.31. The van der Waals surface area contributed by atoms with Gasteiger partial charge in [0.1, 0.15) is 0 Å². The Morgan fingerprint density at radius 1 is 1.13 bits per heavy atom. The predicted molar refractivity (Wildman–Crippen MR) is 115 cm³/mol. The first-order valence-corrected chi connectivity index (χ1v) is 11.5. The van der Waals surface area contributed by atoms with Crippen LogP contribution in [0.1, 0.15) is 42.1 Å². The molecule has 1 aliphatic carbocycles. The van der Waals surface area contributed by atoms with Gasteiger partial charge in [0, 0.05) is 50.1 Å². The van der Waals surface area contributed by atoms with E-state index >= 15 is 0 Å². The highest BCUT2D eigenvalue weighted by atomic mass is 79.9. The summed E-state index contributed by atoms with van der Waals surface area (Å²) in [4.78, 5) is 16.7. The molecule has 5 nitrogen and oxygen atoms in total. The molecule has 1 amide bonds. The number of hydrogen-bond acceptors (Lipinski definition) is 3. The third kappa shape index (κ3) is 5.43. The van der Waals surface area contributed by atoms with E-state index in [2.05, 4.69) is 25.9 Å². The Labute approximate surface area is 192 Å². The third-order valence-corrected chi connectivity index (χ3v) is 6.78. The van der Waals surface area contributed by atoms with Crippen LogP contribution in [-0.4, -0.2) is 51.7 Å². The van der Waals surface area contributed by atoms with Crippen LogP contribution in [0.25, 0.3) is 0 Å². The second-order valence-electron chi connectivity index (χ2n) is 8.08. The summed E-state index contributed by atoms with van der Waals surface area (Å²) in [5, 5.41) is 4.49. The molecule has 4 rings (SSSR count). The fourth-order valence-electron chi connectivity index (χ4n) is 3.91. The molecule has 2 aromatic rings. The molecule has 31 heavy (non-hydrogen) atoms. The summed E-state index contributed by atoms with van der Waals surface area (Å²) in [6.07, 6.45) is -2.67. The summed E-state index contributed by atoms with van der Waals surface area (Å²) in [7, 11) is 0. The topological polar surface area (TPSA) is 41.4 Å². The molecule has 10 heteroatoms. The first-order valence-electron chi connectivity index (χ1n) is 10.3. The number of nitrogens with zero attached hydrogens (tertiary/aromatic N) is 4. The third-order valence-electron chi connectivity index (χ3n) is 5.75. The molecule has 2 fully saturated rings. The fraction of sp³-hybridized carbons (Fsp3) is 0.524. The number of hydrogen-bond donors (Lipinski definition) is 0. The normalized spacial score (nSPS) is 17.9. The van der Waals surface area contributed by atoms with Crippen LogP contribution < -0.4 is 0 Å². The zero-order valence-corrected chi connectivity index (χ0v) is 19.2. The average molecular weight is 520 g/mol. The van der Waals surface area contributed by atoms with Gasteiger partial charge in [-0.15, -0.1) is 0 Å². The zero-order valence-electron chi connectivity index (χ0n) is 16.8. The molecule has 0 spiro atoms. The van der Waals surface area contributed by atoms with E-state index in [1.807, 2.05) is 24.3 Å². The van der Waals surface area contributed by atoms with E-state index < -0.39 is 11.9 Å². The van der Waals surface area contributed by atoms with Gasteiger partial charge < -0.3 is 4.90 Å². The van der Waals surface area contributed by atoms with Crippen LogP contribution in [0, 0.1) is 0 Å². The van der Waals surface area contributed by atoms with Crippen LogP contribution in [0.5, 0.6) is 0 Å². The minimum absolute atomic E-state index is 0.0192. The maximum Gasteiger partial charge on any atom is 0.436 e. The van der Waals surface area contributed by atoms with Crippen molar-refractivity contribution in [3.05, 3.63) is 50.7 Å². The summed E-state index contributed by atoms with van der Waals surface area (Å²) >= 11 is 9.01. The maximum absolute atomic E-state index is 13.2. The van der Waals surface area contributed by atoms with E-state index in [1.54, 1.807) is 4.90 Å². The monoisotopic (exact) mass is 518 g/mol. The average Bonchev–Trinajstić information content (AvgIpc) is 3.50. The molecule has 1 saturated heterocycles. The molecule has 1 aromatic heterocycles. The Kier molecular flexibility index (Phi) is 6.65. The smallest absolute Gasteiger partial charge is 0.340 e. The SMILES string of the molecule is O=C(CCn1nc(C(F)(F)F)c(Br)c1C1CC1)N1CCN(Cc2ccc(Cl)cc2)CC1. The summed E-state index contributed by atoms with van der Waals surface area (Å²) in [5.74, 6) is 0.0394. The molecule has 1 aliphatic heterocycles. The van der Waals surface area contributed by atoms with Crippen LogP contribution in [-0.2, 0) is 24.1 Å². The number of carbonyl (C=O) groups is 1. The van der Waals surface area contributed by atoms with Crippen molar-refractivity contribution < 1.29 is 18.0 Å². The van der Waals surface area contributed by atoms with Crippen molar-refractivity contribution in [2.75, 3.05) is 26.2 Å². The van der Waals surface area contributed by atoms with Gasteiger partial charge in [0.2, 0.25) is 5.91 Å². The number of aryl methyl sites for hydroxylation is 1. The summed E-state index contributed by atoms with van der Waals surface area (Å²) in [5.41, 5.74) is 0.826. The molecule has 0 unspecified atom stereocenters. The molecule has 0 atom stereocenters. The number of amides is 1. The lowest BCUT2D eigenvalue weighted by Crippen LogP contribution is -2.48. The van der Waals surface area contributed by atoms with Crippen molar-refractivity contribution in [2.24, 2.45) is 0 Å². The standard InChI is InChI=1S/C21H23BrClF3N4O/c22-18-19(15-3-4-15)30(27-20(18)21(24,25)26)8-7-17(31)29-11-9-28(10-12-29)13-14-1-5-16(23)6-2-14/h1-2,5-6,15H,3-4,7-13H2. The molecule has 0 bridgehead atoms. The van der Waals surface area contributed by atoms with Crippen LogP contribution in [0.3, 0.4) is 0 Å². The summed E-state index contributed by atoms with van der Waals surface area (Å²) in [6.45, 7) is 3.69. The summed E-state index contributed by atoms with van der Waals surface area (Å²) in [6, 6.07) is 7.72. The van der Waals surface area contributed by atoms with Crippen LogP contribution >= 0.6 is 27.5 Å². The number of alkyl halides is 3. The molecule has 168 valence electrons. The Morgan fingerprint density at radius 3 is 2.35 bits per heavy atom. The van der Waals surface area contributed by atoms with Crippen molar-refractivity contribution in [3.63, 3.8) is 0 Å². The van der Waals surface area contributed by atoms with Gasteiger partial charge >= 0.3 is 6.18 Å². The second kappa shape index (κ2) is 9.11. The lowest BCUT2D eigenvalue weighted by Gasteiger charge is -2.34. The quantitative estimate of drug-likeness (QED) is 0.543. The lowest BCUT2D eigenvalue weighted by molar-refractivity contribution is -0.142. The molecular formula is C21H23BrClF3N4O.